The Kier molecular flexibility index (Phi) is 8.19. The Morgan fingerprint density at radius 3 is 2.38 bits per heavy atom. The Balaban J connectivity index is 0. The Morgan fingerprint density at radius 2 is 2.08 bits per heavy atom. The minimum Gasteiger partial charge on any atom is -0.748 e. The zero-order chi connectivity index (χ0) is 9.78. The molecule has 2 N–H and O–H groups in total. The van der Waals surface area contributed by atoms with Crippen molar-refractivity contribution in [2.24, 2.45) is 0 Å². The van der Waals surface area contributed by atoms with Crippen LogP contribution >= 0.6 is 0 Å². The van der Waals surface area contributed by atoms with Gasteiger partial charge in [0.05, 0.1) is 15.9 Å². The van der Waals surface area contributed by atoms with E-state index in [1.54, 1.807) is 0 Å². The fourth-order valence-corrected chi connectivity index (χ4v) is 0.799. The Hall–Kier alpha value is 0.340. The maximum absolute atomic E-state index is 10.6. The molecule has 0 saturated carbocycles. The summed E-state index contributed by atoms with van der Waals surface area (Å²) in [7, 11) is -4.29. The van der Waals surface area contributed by atoms with Crippen molar-refractivity contribution in [2.45, 2.75) is 13.0 Å². The smallest absolute Gasteiger partial charge is 0.748 e. The molecule has 0 rings (SSSR count). The summed E-state index contributed by atoms with van der Waals surface area (Å²) in [5.41, 5.74) is 0. The Labute approximate surface area is 98.7 Å². The topological polar surface area (TPSA) is 107 Å². The average Bonchev–Trinajstić information content (AvgIpc) is 1.84. The summed E-state index contributed by atoms with van der Waals surface area (Å²) in [6, 6.07) is 0. The largest absolute Gasteiger partial charge is 1.00 e. The second kappa shape index (κ2) is 6.74. The molecule has 0 fully saturated rings. The number of nitrogens with one attached hydrogen (secondary N) is 1. The van der Waals surface area contributed by atoms with Crippen molar-refractivity contribution in [2.75, 3.05) is 12.3 Å². The summed E-state index contributed by atoms with van der Waals surface area (Å²) < 4.78 is 30.0. The van der Waals surface area contributed by atoms with Gasteiger partial charge in [-0.2, -0.15) is 0 Å². The van der Waals surface area contributed by atoms with E-state index in [2.05, 4.69) is 5.32 Å². The maximum Gasteiger partial charge on any atom is 1.00 e. The minimum atomic E-state index is -4.29. The third kappa shape index (κ3) is 10.3. The summed E-state index contributed by atoms with van der Waals surface area (Å²) in [5.74, 6) is -1.36. The van der Waals surface area contributed by atoms with Crippen LogP contribution in [0.4, 0.5) is 0 Å². The molecule has 0 aliphatic heterocycles. The number of carbonyl (C=O) groups is 1. The van der Waals surface area contributed by atoms with Crippen molar-refractivity contribution in [3.63, 3.8) is 0 Å². The molecule has 6 nitrogen and oxygen atoms in total. The van der Waals surface area contributed by atoms with Gasteiger partial charge >= 0.3 is 29.6 Å². The van der Waals surface area contributed by atoms with Crippen molar-refractivity contribution >= 4 is 16.0 Å². The summed E-state index contributed by atoms with van der Waals surface area (Å²) in [6.45, 7) is 0.969. The predicted octanol–water partition coefficient (Wildman–Crippen LogP) is -4.97. The Bertz CT molecular complexity index is 250. The van der Waals surface area contributed by atoms with Crippen LogP contribution in [0, 0.1) is 0 Å². The van der Waals surface area contributed by atoms with Crippen LogP contribution in [0.1, 0.15) is 6.92 Å². The number of rotatable bonds is 4. The van der Waals surface area contributed by atoms with Gasteiger partial charge in [-0.25, -0.2) is 8.42 Å². The van der Waals surface area contributed by atoms with Crippen LogP contribution in [0.5, 0.6) is 0 Å². The van der Waals surface area contributed by atoms with Gasteiger partial charge in [0.1, 0.15) is 6.10 Å². The molecule has 13 heavy (non-hydrogen) atoms. The van der Waals surface area contributed by atoms with Gasteiger partial charge in [-0.05, 0) is 6.92 Å². The molecule has 1 atom stereocenters. The van der Waals surface area contributed by atoms with Crippen molar-refractivity contribution in [1.29, 1.82) is 0 Å². The molecule has 0 aromatic heterocycles. The summed E-state index contributed by atoms with van der Waals surface area (Å²) >= 11 is 0. The number of aliphatic hydroxyl groups excluding tert-OH is 1. The van der Waals surface area contributed by atoms with E-state index in [9.17, 15) is 17.8 Å². The number of amides is 1. The second-order valence-electron chi connectivity index (χ2n) is 2.23. The van der Waals surface area contributed by atoms with Crippen LogP contribution in [-0.2, 0) is 14.9 Å². The van der Waals surface area contributed by atoms with E-state index < -0.39 is 27.9 Å². The second-order valence-corrected chi connectivity index (χ2v) is 3.75. The molecule has 0 aromatic rings. The van der Waals surface area contributed by atoms with Gasteiger partial charge in [0.2, 0.25) is 5.91 Å². The first-order chi connectivity index (χ1) is 5.33. The summed E-state index contributed by atoms with van der Waals surface area (Å²) in [4.78, 5) is 10.6. The quantitative estimate of drug-likeness (QED) is 0.364. The number of carbonyl (C=O) groups excluding carboxylic acids is 1. The molecule has 8 heteroatoms. The van der Waals surface area contributed by atoms with Crippen molar-refractivity contribution in [1.82, 2.24) is 5.32 Å². The normalized spacial score (nSPS) is 12.8. The average molecular weight is 219 g/mol. The van der Waals surface area contributed by atoms with E-state index in [4.69, 9.17) is 5.11 Å². The van der Waals surface area contributed by atoms with Crippen molar-refractivity contribution in [3.8, 4) is 0 Å². The summed E-state index contributed by atoms with van der Waals surface area (Å²) in [6.07, 6.45) is -1.20. The Morgan fingerprint density at radius 1 is 1.62 bits per heavy atom. The van der Waals surface area contributed by atoms with E-state index in [1.807, 2.05) is 0 Å². The molecular formula is C5H10NNaO5S. The molecule has 0 aliphatic rings. The van der Waals surface area contributed by atoms with Gasteiger partial charge in [0.25, 0.3) is 0 Å². The molecule has 1 unspecified atom stereocenters. The third-order valence-corrected chi connectivity index (χ3v) is 1.73. The van der Waals surface area contributed by atoms with E-state index in [1.165, 1.54) is 6.92 Å². The van der Waals surface area contributed by atoms with Gasteiger partial charge < -0.3 is 15.0 Å². The van der Waals surface area contributed by atoms with Gasteiger partial charge in [0.15, 0.2) is 0 Å². The van der Waals surface area contributed by atoms with Crippen molar-refractivity contribution in [3.05, 3.63) is 0 Å². The fraction of sp³-hybridized carbons (Fsp3) is 0.800. The first kappa shape index (κ1) is 15.8. The van der Waals surface area contributed by atoms with E-state index in [-0.39, 0.29) is 36.1 Å². The SMILES string of the molecule is CC(O)C(=O)NCCS(=O)(=O)[O-].[Na+]. The van der Waals surface area contributed by atoms with Gasteiger partial charge in [0, 0.05) is 6.54 Å². The molecule has 0 aromatic carbocycles. The van der Waals surface area contributed by atoms with E-state index in [0.717, 1.165) is 0 Å². The molecule has 0 saturated heterocycles. The van der Waals surface area contributed by atoms with Gasteiger partial charge in [-0.3, -0.25) is 4.79 Å². The van der Waals surface area contributed by atoms with Crippen LogP contribution in [0.25, 0.3) is 0 Å². The number of hydrogen-bond acceptors (Lipinski definition) is 5. The zero-order valence-corrected chi connectivity index (χ0v) is 10.3. The monoisotopic (exact) mass is 219 g/mol. The van der Waals surface area contributed by atoms with Crippen LogP contribution in [0.2, 0.25) is 0 Å². The molecule has 72 valence electrons. The van der Waals surface area contributed by atoms with Gasteiger partial charge in [-0.15, -0.1) is 0 Å². The van der Waals surface area contributed by atoms with E-state index in [0.29, 0.717) is 0 Å². The number of hydrogen-bond donors (Lipinski definition) is 2. The van der Waals surface area contributed by atoms with Crippen LogP contribution in [-0.4, -0.2) is 42.4 Å². The number of aliphatic hydroxyl groups is 1. The van der Waals surface area contributed by atoms with Gasteiger partial charge in [-0.1, -0.05) is 0 Å². The van der Waals surface area contributed by atoms with Crippen LogP contribution in [0.15, 0.2) is 0 Å². The van der Waals surface area contributed by atoms with Crippen LogP contribution in [0.3, 0.4) is 0 Å². The minimum absolute atomic E-state index is 0. The third-order valence-electron chi connectivity index (χ3n) is 1.03. The summed E-state index contributed by atoms with van der Waals surface area (Å²) in [5, 5.41) is 10.7. The van der Waals surface area contributed by atoms with E-state index >= 15 is 0 Å². The zero-order valence-electron chi connectivity index (χ0n) is 7.48. The van der Waals surface area contributed by atoms with Crippen LogP contribution < -0.4 is 34.9 Å². The molecule has 0 spiro atoms. The molecule has 0 heterocycles. The molecule has 1 amide bonds. The predicted molar refractivity (Wildman–Crippen MR) is 39.3 cm³/mol. The molecule has 0 radical (unpaired) electrons. The van der Waals surface area contributed by atoms with Crippen molar-refractivity contribution < 1.29 is 52.4 Å². The molecular weight excluding hydrogens is 209 g/mol. The maximum atomic E-state index is 10.6. The molecule has 0 bridgehead atoms. The standard InChI is InChI=1S/C5H11NO5S.Na/c1-4(7)5(8)6-2-3-12(9,10)11;/h4,7H,2-3H2,1H3,(H,6,8)(H,9,10,11);/q;+1/p-1. The molecule has 0 aliphatic carbocycles. The fourth-order valence-electron chi connectivity index (χ4n) is 0.447. The first-order valence-electron chi connectivity index (χ1n) is 3.22. The first-order valence-corrected chi connectivity index (χ1v) is 4.80.